The van der Waals surface area contributed by atoms with Gasteiger partial charge in [-0.25, -0.2) is 0 Å². The van der Waals surface area contributed by atoms with Crippen molar-refractivity contribution in [1.29, 1.82) is 0 Å². The van der Waals surface area contributed by atoms with Crippen LogP contribution in [0.25, 0.3) is 0 Å². The predicted octanol–water partition coefficient (Wildman–Crippen LogP) is 3.59. The summed E-state index contributed by atoms with van der Waals surface area (Å²) in [5, 5.41) is 0. The van der Waals surface area contributed by atoms with Gasteiger partial charge in [0.25, 0.3) is 0 Å². The lowest BCUT2D eigenvalue weighted by molar-refractivity contribution is -0.153. The smallest absolute Gasteiger partial charge is 0.307 e. The zero-order valence-corrected chi connectivity index (χ0v) is 12.9. The Hall–Kier alpha value is -1.00. The number of aryl methyl sites for hydroxylation is 1. The summed E-state index contributed by atoms with van der Waals surface area (Å²) in [6, 6.07) is 8.34. The zero-order chi connectivity index (χ0) is 14.4. The average Bonchev–Trinajstić information content (AvgIpc) is 2.88. The molecule has 1 aliphatic rings. The van der Waals surface area contributed by atoms with Crippen LogP contribution in [-0.4, -0.2) is 31.0 Å². The van der Waals surface area contributed by atoms with Crippen molar-refractivity contribution < 1.29 is 14.3 Å². The Morgan fingerprint density at radius 1 is 1.25 bits per heavy atom. The van der Waals surface area contributed by atoms with Gasteiger partial charge in [0, 0.05) is 17.8 Å². The normalized spacial score (nSPS) is 21.9. The Morgan fingerprint density at radius 3 is 2.65 bits per heavy atom. The van der Waals surface area contributed by atoms with Crippen molar-refractivity contribution in [3.05, 3.63) is 29.8 Å². The van der Waals surface area contributed by atoms with E-state index in [1.165, 1.54) is 10.5 Å². The molecule has 1 aliphatic carbocycles. The Bertz CT molecular complexity index is 430. The van der Waals surface area contributed by atoms with Gasteiger partial charge in [0.05, 0.1) is 12.5 Å². The first kappa shape index (κ1) is 15.4. The molecule has 20 heavy (non-hydrogen) atoms. The second kappa shape index (κ2) is 7.70. The molecule has 3 nitrogen and oxygen atoms in total. The van der Waals surface area contributed by atoms with Crippen LogP contribution in [-0.2, 0) is 14.3 Å². The molecule has 1 saturated carbocycles. The van der Waals surface area contributed by atoms with Crippen LogP contribution in [0.4, 0.5) is 0 Å². The Kier molecular flexibility index (Phi) is 5.92. The number of benzene rings is 1. The summed E-state index contributed by atoms with van der Waals surface area (Å²) >= 11 is 1.69. The minimum atomic E-state index is -0.112. The van der Waals surface area contributed by atoms with Crippen molar-refractivity contribution in [3.8, 4) is 0 Å². The lowest BCUT2D eigenvalue weighted by atomic mass is 10.2. The summed E-state index contributed by atoms with van der Waals surface area (Å²) in [6.45, 7) is 2.07. The van der Waals surface area contributed by atoms with E-state index in [2.05, 4.69) is 31.2 Å². The van der Waals surface area contributed by atoms with Crippen LogP contribution in [0, 0.1) is 6.92 Å². The highest BCUT2D eigenvalue weighted by Gasteiger charge is 2.30. The fourth-order valence-corrected chi connectivity index (χ4v) is 3.24. The topological polar surface area (TPSA) is 35.5 Å². The molecule has 0 heterocycles. The van der Waals surface area contributed by atoms with Gasteiger partial charge in [0.1, 0.15) is 6.10 Å². The molecule has 0 N–H and O–H groups in total. The van der Waals surface area contributed by atoms with Crippen LogP contribution in [0.2, 0.25) is 0 Å². The first-order chi connectivity index (χ1) is 9.69. The van der Waals surface area contributed by atoms with Gasteiger partial charge < -0.3 is 9.47 Å². The van der Waals surface area contributed by atoms with Gasteiger partial charge in [-0.3, -0.25) is 4.79 Å². The van der Waals surface area contributed by atoms with Crippen molar-refractivity contribution in [2.24, 2.45) is 0 Å². The quantitative estimate of drug-likeness (QED) is 0.593. The summed E-state index contributed by atoms with van der Waals surface area (Å²) in [7, 11) is 1.68. The van der Waals surface area contributed by atoms with E-state index < -0.39 is 0 Å². The van der Waals surface area contributed by atoms with Crippen LogP contribution in [0.5, 0.6) is 0 Å². The molecule has 0 saturated heterocycles. The molecular weight excluding hydrogens is 272 g/mol. The molecule has 0 aromatic heterocycles. The van der Waals surface area contributed by atoms with Crippen molar-refractivity contribution >= 4 is 17.7 Å². The third-order valence-corrected chi connectivity index (χ3v) is 4.59. The molecule has 2 atom stereocenters. The van der Waals surface area contributed by atoms with Crippen molar-refractivity contribution in [2.45, 2.75) is 49.7 Å². The minimum absolute atomic E-state index is 0.0446. The van der Waals surface area contributed by atoms with Gasteiger partial charge in [-0.1, -0.05) is 17.7 Å². The number of hydrogen-bond donors (Lipinski definition) is 0. The van der Waals surface area contributed by atoms with Gasteiger partial charge in [-0.05, 0) is 38.3 Å². The van der Waals surface area contributed by atoms with Crippen LogP contribution in [0.15, 0.2) is 29.2 Å². The van der Waals surface area contributed by atoms with E-state index in [0.29, 0.717) is 6.42 Å². The number of ether oxygens (including phenoxy) is 2. The molecule has 0 unspecified atom stereocenters. The Labute approximate surface area is 125 Å². The Balaban J connectivity index is 1.68. The van der Waals surface area contributed by atoms with Gasteiger partial charge in [-0.2, -0.15) is 0 Å². The maximum atomic E-state index is 11.8. The van der Waals surface area contributed by atoms with Crippen LogP contribution < -0.4 is 0 Å². The summed E-state index contributed by atoms with van der Waals surface area (Å²) in [5.41, 5.74) is 1.25. The molecular formula is C16H22O3S. The van der Waals surface area contributed by atoms with E-state index >= 15 is 0 Å². The highest BCUT2D eigenvalue weighted by atomic mass is 32.2. The Morgan fingerprint density at radius 2 is 1.95 bits per heavy atom. The summed E-state index contributed by atoms with van der Waals surface area (Å²) in [6.07, 6.45) is 3.49. The first-order valence-electron chi connectivity index (χ1n) is 7.11. The number of hydrogen-bond acceptors (Lipinski definition) is 4. The average molecular weight is 294 g/mol. The van der Waals surface area contributed by atoms with E-state index in [9.17, 15) is 4.79 Å². The largest absolute Gasteiger partial charge is 0.460 e. The molecule has 0 aliphatic heterocycles. The van der Waals surface area contributed by atoms with Crippen LogP contribution in [0.1, 0.15) is 31.2 Å². The summed E-state index contributed by atoms with van der Waals surface area (Å²) < 4.78 is 10.8. The number of carbonyl (C=O) groups is 1. The third-order valence-electron chi connectivity index (χ3n) is 3.57. The molecule has 4 heteroatoms. The van der Waals surface area contributed by atoms with Crippen molar-refractivity contribution in [2.75, 3.05) is 12.9 Å². The first-order valence-corrected chi connectivity index (χ1v) is 8.09. The second-order valence-electron chi connectivity index (χ2n) is 5.14. The SMILES string of the molecule is CO[C@H]1CCC[C@@H]1OC(=O)CCSc1ccc(C)cc1. The minimum Gasteiger partial charge on any atom is -0.460 e. The van der Waals surface area contributed by atoms with Gasteiger partial charge in [-0.15, -0.1) is 11.8 Å². The highest BCUT2D eigenvalue weighted by molar-refractivity contribution is 7.99. The van der Waals surface area contributed by atoms with Gasteiger partial charge >= 0.3 is 5.97 Å². The summed E-state index contributed by atoms with van der Waals surface area (Å²) in [4.78, 5) is 13.0. The van der Waals surface area contributed by atoms with E-state index in [1.54, 1.807) is 18.9 Å². The van der Waals surface area contributed by atoms with E-state index in [4.69, 9.17) is 9.47 Å². The number of carbonyl (C=O) groups excluding carboxylic acids is 1. The van der Waals surface area contributed by atoms with Crippen molar-refractivity contribution in [1.82, 2.24) is 0 Å². The number of rotatable bonds is 6. The maximum absolute atomic E-state index is 11.8. The molecule has 110 valence electrons. The third kappa shape index (κ3) is 4.53. The molecule has 1 fully saturated rings. The molecule has 0 amide bonds. The van der Waals surface area contributed by atoms with Gasteiger partial charge in [0.2, 0.25) is 0 Å². The lowest BCUT2D eigenvalue weighted by Gasteiger charge is -2.18. The number of methoxy groups -OCH3 is 1. The molecule has 0 bridgehead atoms. The van der Waals surface area contributed by atoms with Crippen molar-refractivity contribution in [3.63, 3.8) is 0 Å². The second-order valence-corrected chi connectivity index (χ2v) is 6.31. The predicted molar refractivity (Wildman–Crippen MR) is 81.0 cm³/mol. The fraction of sp³-hybridized carbons (Fsp3) is 0.562. The molecule has 2 rings (SSSR count). The van der Waals surface area contributed by atoms with E-state index in [-0.39, 0.29) is 18.2 Å². The van der Waals surface area contributed by atoms with E-state index in [0.717, 1.165) is 25.0 Å². The molecule has 0 spiro atoms. The molecule has 1 aromatic rings. The highest BCUT2D eigenvalue weighted by Crippen LogP contribution is 2.25. The summed E-state index contributed by atoms with van der Waals surface area (Å²) in [5.74, 6) is 0.644. The number of esters is 1. The van der Waals surface area contributed by atoms with Crippen LogP contribution in [0.3, 0.4) is 0 Å². The molecule has 1 aromatic carbocycles. The van der Waals surface area contributed by atoms with Gasteiger partial charge in [0.15, 0.2) is 0 Å². The fourth-order valence-electron chi connectivity index (χ4n) is 2.41. The van der Waals surface area contributed by atoms with E-state index in [1.807, 2.05) is 0 Å². The number of thioether (sulfide) groups is 1. The standard InChI is InChI=1S/C16H22O3S/c1-12-6-8-13(9-7-12)20-11-10-16(17)19-15-5-3-4-14(15)18-2/h6-9,14-15H,3-5,10-11H2,1-2H3/t14-,15-/m0/s1. The monoisotopic (exact) mass is 294 g/mol. The molecule has 0 radical (unpaired) electrons. The maximum Gasteiger partial charge on any atom is 0.307 e. The zero-order valence-electron chi connectivity index (χ0n) is 12.1. The van der Waals surface area contributed by atoms with Crippen LogP contribution >= 0.6 is 11.8 Å². The lowest BCUT2D eigenvalue weighted by Crippen LogP contribution is -2.27.